The zero-order valence-corrected chi connectivity index (χ0v) is 15.9. The molecular weight excluding hydrogens is 388 g/mol. The number of benzene rings is 1. The molecule has 0 bridgehead atoms. The number of cyclic esters (lactones) is 1. The number of amides is 2. The lowest BCUT2D eigenvalue weighted by atomic mass is 10.2. The maximum Gasteiger partial charge on any atom is 0.414 e. The van der Waals surface area contributed by atoms with Crippen LogP contribution in [0.1, 0.15) is 6.92 Å². The summed E-state index contributed by atoms with van der Waals surface area (Å²) in [5.74, 6) is -0.571. The molecule has 26 heavy (non-hydrogen) atoms. The van der Waals surface area contributed by atoms with Crippen molar-refractivity contribution in [1.29, 1.82) is 0 Å². The van der Waals surface area contributed by atoms with E-state index in [9.17, 15) is 14.0 Å². The van der Waals surface area contributed by atoms with Gasteiger partial charge in [-0.2, -0.15) is 0 Å². The average molecular weight is 410 g/mol. The van der Waals surface area contributed by atoms with E-state index in [1.54, 1.807) is 12.1 Å². The largest absolute Gasteiger partial charge is 0.442 e. The Morgan fingerprint density at radius 2 is 2.00 bits per heavy atom. The smallest absolute Gasteiger partial charge is 0.414 e. The molecule has 0 unspecified atom stereocenters. The molecule has 0 saturated carbocycles. The monoisotopic (exact) mass is 409 g/mol. The number of nitrogens with zero attached hydrogens (tertiary/aromatic N) is 2. The second kappa shape index (κ2) is 9.80. The fourth-order valence-corrected chi connectivity index (χ4v) is 2.82. The Morgan fingerprint density at radius 1 is 1.31 bits per heavy atom. The van der Waals surface area contributed by atoms with E-state index in [1.807, 2.05) is 4.90 Å². The molecule has 2 saturated heterocycles. The lowest BCUT2D eigenvalue weighted by molar-refractivity contribution is -0.119. The highest BCUT2D eigenvalue weighted by atomic mass is 35.5. The molecule has 0 spiro atoms. The number of carbonyl (C=O) groups is 2. The summed E-state index contributed by atoms with van der Waals surface area (Å²) in [7, 11) is 0. The first-order valence-electron chi connectivity index (χ1n) is 7.89. The Bertz CT molecular complexity index is 644. The number of rotatable bonds is 4. The summed E-state index contributed by atoms with van der Waals surface area (Å²) >= 11 is 0. The molecule has 2 aliphatic heterocycles. The second-order valence-electron chi connectivity index (χ2n) is 5.79. The van der Waals surface area contributed by atoms with Gasteiger partial charge in [0.1, 0.15) is 11.9 Å². The highest BCUT2D eigenvalue weighted by molar-refractivity contribution is 5.90. The fourth-order valence-electron chi connectivity index (χ4n) is 2.82. The van der Waals surface area contributed by atoms with Crippen LogP contribution in [-0.4, -0.2) is 57.5 Å². The van der Waals surface area contributed by atoms with E-state index in [0.717, 1.165) is 0 Å². The fraction of sp³-hybridized carbons (Fsp3) is 0.500. The standard InChI is InChI=1S/C16H20FN3O4.2ClH/c1-11(21)18-9-13-10-20(16(22)24-13)12-2-3-15(14(17)8-12)19-4-6-23-7-5-19;;/h2-3,8,13H,4-7,9-10H2,1H3,(H,18,21);2*1H/t13-;;/m0../s1. The molecule has 146 valence electrons. The molecule has 3 rings (SSSR count). The van der Waals surface area contributed by atoms with Crippen LogP contribution in [0.5, 0.6) is 0 Å². The van der Waals surface area contributed by atoms with Gasteiger partial charge < -0.3 is 19.7 Å². The lowest BCUT2D eigenvalue weighted by Gasteiger charge is -2.29. The lowest BCUT2D eigenvalue weighted by Crippen LogP contribution is -2.36. The SMILES string of the molecule is CC(=O)NC[C@H]1CN(c2ccc(N3CCOCC3)c(F)c2)C(=O)O1.Cl.Cl. The van der Waals surface area contributed by atoms with Crippen molar-refractivity contribution in [3.05, 3.63) is 24.0 Å². The third kappa shape index (κ3) is 5.12. The summed E-state index contributed by atoms with van der Waals surface area (Å²) in [5.41, 5.74) is 0.948. The van der Waals surface area contributed by atoms with Gasteiger partial charge in [0.2, 0.25) is 5.91 Å². The van der Waals surface area contributed by atoms with Crippen LogP contribution >= 0.6 is 24.8 Å². The number of halogens is 3. The molecule has 1 aromatic rings. The Labute approximate surface area is 163 Å². The zero-order chi connectivity index (χ0) is 17.1. The summed E-state index contributed by atoms with van der Waals surface area (Å²) in [6, 6.07) is 4.72. The molecule has 0 radical (unpaired) electrons. The Morgan fingerprint density at radius 3 is 2.62 bits per heavy atom. The van der Waals surface area contributed by atoms with Crippen molar-refractivity contribution in [1.82, 2.24) is 5.32 Å². The Hall–Kier alpha value is -1.77. The zero-order valence-electron chi connectivity index (χ0n) is 14.3. The summed E-state index contributed by atoms with van der Waals surface area (Å²) in [6.07, 6.45) is -0.979. The summed E-state index contributed by atoms with van der Waals surface area (Å²) in [6.45, 7) is 4.34. The van der Waals surface area contributed by atoms with Crippen molar-refractivity contribution >= 4 is 48.2 Å². The average Bonchev–Trinajstić information content (AvgIpc) is 2.94. The van der Waals surface area contributed by atoms with E-state index < -0.39 is 12.2 Å². The molecule has 10 heteroatoms. The van der Waals surface area contributed by atoms with Gasteiger partial charge in [-0.05, 0) is 18.2 Å². The topological polar surface area (TPSA) is 71.1 Å². The molecule has 1 aromatic carbocycles. The van der Waals surface area contributed by atoms with Gasteiger partial charge in [0.15, 0.2) is 0 Å². The molecule has 0 aliphatic carbocycles. The Balaban J connectivity index is 0.00000169. The molecule has 1 atom stereocenters. The molecular formula is C16H22Cl2FN3O4. The van der Waals surface area contributed by atoms with Crippen LogP contribution in [0.15, 0.2) is 18.2 Å². The normalized spacial score (nSPS) is 19.3. The van der Waals surface area contributed by atoms with E-state index in [4.69, 9.17) is 9.47 Å². The van der Waals surface area contributed by atoms with Crippen LogP contribution in [0.3, 0.4) is 0 Å². The molecule has 2 aliphatic rings. The van der Waals surface area contributed by atoms with Crippen molar-refractivity contribution < 1.29 is 23.5 Å². The molecule has 7 nitrogen and oxygen atoms in total. The minimum Gasteiger partial charge on any atom is -0.442 e. The minimum atomic E-state index is -0.538. The number of nitrogens with one attached hydrogen (secondary N) is 1. The van der Waals surface area contributed by atoms with Gasteiger partial charge in [-0.3, -0.25) is 9.69 Å². The third-order valence-corrected chi connectivity index (χ3v) is 4.05. The number of hydrogen-bond donors (Lipinski definition) is 1. The molecule has 1 N–H and O–H groups in total. The van der Waals surface area contributed by atoms with Gasteiger partial charge in [-0.25, -0.2) is 9.18 Å². The number of carbonyl (C=O) groups excluding carboxylic acids is 2. The van der Waals surface area contributed by atoms with Gasteiger partial charge in [-0.1, -0.05) is 0 Å². The van der Waals surface area contributed by atoms with E-state index in [2.05, 4.69) is 5.32 Å². The molecule has 0 aromatic heterocycles. The van der Waals surface area contributed by atoms with Crippen molar-refractivity contribution in [2.75, 3.05) is 49.2 Å². The quantitative estimate of drug-likeness (QED) is 0.822. The second-order valence-corrected chi connectivity index (χ2v) is 5.79. The predicted molar refractivity (Wildman–Crippen MR) is 100 cm³/mol. The summed E-state index contributed by atoms with van der Waals surface area (Å²) in [4.78, 5) is 26.2. The van der Waals surface area contributed by atoms with Crippen LogP contribution in [0.25, 0.3) is 0 Å². The highest BCUT2D eigenvalue weighted by Crippen LogP contribution is 2.28. The van der Waals surface area contributed by atoms with Crippen molar-refractivity contribution in [3.8, 4) is 0 Å². The maximum atomic E-state index is 14.4. The highest BCUT2D eigenvalue weighted by Gasteiger charge is 2.32. The van der Waals surface area contributed by atoms with Gasteiger partial charge in [0.25, 0.3) is 0 Å². The van der Waals surface area contributed by atoms with Crippen LogP contribution in [0.4, 0.5) is 20.6 Å². The van der Waals surface area contributed by atoms with E-state index in [0.29, 0.717) is 37.7 Å². The number of ether oxygens (including phenoxy) is 2. The van der Waals surface area contributed by atoms with Crippen molar-refractivity contribution in [2.45, 2.75) is 13.0 Å². The van der Waals surface area contributed by atoms with Crippen LogP contribution in [0, 0.1) is 5.82 Å². The van der Waals surface area contributed by atoms with Crippen molar-refractivity contribution in [3.63, 3.8) is 0 Å². The first-order valence-corrected chi connectivity index (χ1v) is 7.89. The Kier molecular flexibility index (Phi) is 8.39. The van der Waals surface area contributed by atoms with E-state index in [1.165, 1.54) is 17.9 Å². The summed E-state index contributed by atoms with van der Waals surface area (Å²) in [5, 5.41) is 2.61. The maximum absolute atomic E-state index is 14.4. The summed E-state index contributed by atoms with van der Waals surface area (Å²) < 4.78 is 24.9. The van der Waals surface area contributed by atoms with Crippen LogP contribution in [-0.2, 0) is 14.3 Å². The number of anilines is 2. The van der Waals surface area contributed by atoms with Crippen molar-refractivity contribution in [2.24, 2.45) is 0 Å². The molecule has 2 fully saturated rings. The predicted octanol–water partition coefficient (Wildman–Crippen LogP) is 1.97. The van der Waals surface area contributed by atoms with Gasteiger partial charge in [-0.15, -0.1) is 24.8 Å². The first kappa shape index (κ1) is 22.3. The third-order valence-electron chi connectivity index (χ3n) is 4.05. The van der Waals surface area contributed by atoms with Gasteiger partial charge >= 0.3 is 6.09 Å². The molecule has 2 heterocycles. The number of hydrogen-bond acceptors (Lipinski definition) is 5. The van der Waals surface area contributed by atoms with E-state index in [-0.39, 0.29) is 49.6 Å². The minimum absolute atomic E-state index is 0. The van der Waals surface area contributed by atoms with Crippen LogP contribution < -0.4 is 15.1 Å². The van der Waals surface area contributed by atoms with Gasteiger partial charge in [0.05, 0.1) is 37.7 Å². The van der Waals surface area contributed by atoms with Gasteiger partial charge in [0, 0.05) is 20.0 Å². The van der Waals surface area contributed by atoms with Crippen LogP contribution in [0.2, 0.25) is 0 Å². The molecule has 2 amide bonds. The number of morpholine rings is 1. The van der Waals surface area contributed by atoms with E-state index >= 15 is 0 Å². The first-order chi connectivity index (χ1) is 11.5.